The van der Waals surface area contributed by atoms with Crippen molar-refractivity contribution < 1.29 is 9.53 Å². The van der Waals surface area contributed by atoms with Gasteiger partial charge in [-0.3, -0.25) is 9.69 Å². The lowest BCUT2D eigenvalue weighted by Gasteiger charge is -2.16. The summed E-state index contributed by atoms with van der Waals surface area (Å²) in [6.07, 6.45) is 3.68. The highest BCUT2D eigenvalue weighted by Gasteiger charge is 2.34. The van der Waals surface area contributed by atoms with Gasteiger partial charge in [-0.1, -0.05) is 18.2 Å². The highest BCUT2D eigenvalue weighted by atomic mass is 16.5. The molecule has 1 aromatic carbocycles. The van der Waals surface area contributed by atoms with Crippen LogP contribution < -0.4 is 15.8 Å². The van der Waals surface area contributed by atoms with Crippen molar-refractivity contribution in [3.8, 4) is 5.75 Å². The molecule has 0 aromatic heterocycles. The van der Waals surface area contributed by atoms with Gasteiger partial charge in [-0.05, 0) is 25.3 Å². The molecule has 2 fully saturated rings. The fraction of sp³-hybridized carbons (Fsp3) is 0.562. The minimum atomic E-state index is -0.0514. The lowest BCUT2D eigenvalue weighted by atomic mass is 10.2. The summed E-state index contributed by atoms with van der Waals surface area (Å²) in [5.74, 6) is 0.644. The van der Waals surface area contributed by atoms with E-state index in [0.29, 0.717) is 12.3 Å². The molecule has 5 nitrogen and oxygen atoms in total. The fourth-order valence-corrected chi connectivity index (χ4v) is 2.90. The third kappa shape index (κ3) is 3.74. The summed E-state index contributed by atoms with van der Waals surface area (Å²) < 4.78 is 5.58. The monoisotopic (exact) mass is 289 g/mol. The van der Waals surface area contributed by atoms with E-state index in [2.05, 4.69) is 10.2 Å². The number of hydrogen-bond donors (Lipinski definition) is 2. The van der Waals surface area contributed by atoms with E-state index >= 15 is 0 Å². The second-order valence-corrected chi connectivity index (χ2v) is 5.88. The first-order chi connectivity index (χ1) is 10.3. The predicted molar refractivity (Wildman–Crippen MR) is 81.0 cm³/mol. The van der Waals surface area contributed by atoms with E-state index in [9.17, 15) is 4.79 Å². The van der Waals surface area contributed by atoms with E-state index in [1.54, 1.807) is 0 Å². The maximum atomic E-state index is 12.0. The summed E-state index contributed by atoms with van der Waals surface area (Å²) in [5, 5.41) is 3.06. The smallest absolute Gasteiger partial charge is 0.258 e. The van der Waals surface area contributed by atoms with Crippen molar-refractivity contribution in [1.82, 2.24) is 10.2 Å². The van der Waals surface area contributed by atoms with Gasteiger partial charge in [0, 0.05) is 37.3 Å². The van der Waals surface area contributed by atoms with E-state index in [4.69, 9.17) is 10.5 Å². The van der Waals surface area contributed by atoms with Gasteiger partial charge in [0.15, 0.2) is 6.61 Å². The molecule has 1 aromatic rings. The molecule has 1 saturated carbocycles. The summed E-state index contributed by atoms with van der Waals surface area (Å²) >= 11 is 0. The number of nitrogens with two attached hydrogens (primary N) is 1. The van der Waals surface area contributed by atoms with Gasteiger partial charge in [0.1, 0.15) is 5.75 Å². The molecule has 1 amide bonds. The molecular weight excluding hydrogens is 266 g/mol. The molecule has 1 unspecified atom stereocenters. The van der Waals surface area contributed by atoms with Crippen molar-refractivity contribution in [2.24, 2.45) is 5.73 Å². The first-order valence-electron chi connectivity index (χ1n) is 7.70. The molecule has 21 heavy (non-hydrogen) atoms. The molecule has 114 valence electrons. The number of para-hydroxylation sites is 1. The van der Waals surface area contributed by atoms with Crippen molar-refractivity contribution in [3.63, 3.8) is 0 Å². The van der Waals surface area contributed by atoms with E-state index in [0.717, 1.165) is 31.1 Å². The largest absolute Gasteiger partial charge is 0.483 e. The SMILES string of the molecule is NCc1ccccc1OCC(=O)NC1CCN(C2CC2)C1. The average Bonchev–Trinajstić information content (AvgIpc) is 3.26. The van der Waals surface area contributed by atoms with Crippen molar-refractivity contribution in [1.29, 1.82) is 0 Å². The Morgan fingerprint density at radius 2 is 2.14 bits per heavy atom. The third-order valence-electron chi connectivity index (χ3n) is 4.20. The molecule has 1 atom stereocenters. The lowest BCUT2D eigenvalue weighted by molar-refractivity contribution is -0.123. The van der Waals surface area contributed by atoms with E-state index in [1.165, 1.54) is 12.8 Å². The number of carbonyl (C=O) groups is 1. The molecule has 5 heteroatoms. The zero-order valence-electron chi connectivity index (χ0n) is 12.3. The van der Waals surface area contributed by atoms with Crippen LogP contribution in [0.1, 0.15) is 24.8 Å². The molecule has 1 aliphatic heterocycles. The Bertz CT molecular complexity index is 502. The van der Waals surface area contributed by atoms with Crippen LogP contribution in [-0.2, 0) is 11.3 Å². The van der Waals surface area contributed by atoms with Crippen LogP contribution in [0.2, 0.25) is 0 Å². The molecule has 0 radical (unpaired) electrons. The minimum Gasteiger partial charge on any atom is -0.483 e. The standard InChI is InChI=1S/C16H23N3O2/c17-9-12-3-1-2-4-15(12)21-11-16(20)18-13-7-8-19(10-13)14-5-6-14/h1-4,13-14H,5-11,17H2,(H,18,20). The lowest BCUT2D eigenvalue weighted by Crippen LogP contribution is -2.40. The number of amides is 1. The second-order valence-electron chi connectivity index (χ2n) is 5.88. The third-order valence-corrected chi connectivity index (χ3v) is 4.20. The maximum Gasteiger partial charge on any atom is 0.258 e. The zero-order valence-corrected chi connectivity index (χ0v) is 12.3. The zero-order chi connectivity index (χ0) is 14.7. The number of benzene rings is 1. The van der Waals surface area contributed by atoms with Crippen LogP contribution >= 0.6 is 0 Å². The van der Waals surface area contributed by atoms with Gasteiger partial charge in [-0.15, -0.1) is 0 Å². The molecular formula is C16H23N3O2. The number of likely N-dealkylation sites (tertiary alicyclic amines) is 1. The normalized spacial score (nSPS) is 22.2. The Morgan fingerprint density at radius 1 is 1.33 bits per heavy atom. The first-order valence-corrected chi connectivity index (χ1v) is 7.70. The van der Waals surface area contributed by atoms with Crippen LogP contribution in [0.3, 0.4) is 0 Å². The molecule has 1 saturated heterocycles. The van der Waals surface area contributed by atoms with Gasteiger partial charge in [0.05, 0.1) is 0 Å². The van der Waals surface area contributed by atoms with Crippen molar-refractivity contribution in [3.05, 3.63) is 29.8 Å². The number of carbonyl (C=O) groups excluding carboxylic acids is 1. The minimum absolute atomic E-state index is 0.0514. The Balaban J connectivity index is 1.44. The number of nitrogens with zero attached hydrogens (tertiary/aromatic N) is 1. The fourth-order valence-electron chi connectivity index (χ4n) is 2.90. The summed E-state index contributed by atoms with van der Waals surface area (Å²) in [5.41, 5.74) is 6.57. The molecule has 1 aliphatic carbocycles. The Hall–Kier alpha value is -1.59. The summed E-state index contributed by atoms with van der Waals surface area (Å²) in [6.45, 7) is 2.55. The first kappa shape index (κ1) is 14.4. The second kappa shape index (κ2) is 6.45. The molecule has 2 aliphatic rings. The van der Waals surface area contributed by atoms with Crippen LogP contribution in [0.15, 0.2) is 24.3 Å². The van der Waals surface area contributed by atoms with Crippen molar-refractivity contribution in [2.45, 2.75) is 37.9 Å². The predicted octanol–water partition coefficient (Wildman–Crippen LogP) is 0.877. The number of ether oxygens (including phenoxy) is 1. The van der Waals surface area contributed by atoms with Gasteiger partial charge in [-0.2, -0.15) is 0 Å². The van der Waals surface area contributed by atoms with E-state index < -0.39 is 0 Å². The number of nitrogens with one attached hydrogen (secondary N) is 1. The summed E-state index contributed by atoms with van der Waals surface area (Å²) in [4.78, 5) is 14.5. The van der Waals surface area contributed by atoms with Crippen molar-refractivity contribution in [2.75, 3.05) is 19.7 Å². The number of hydrogen-bond acceptors (Lipinski definition) is 4. The maximum absolute atomic E-state index is 12.0. The highest BCUT2D eigenvalue weighted by molar-refractivity contribution is 5.78. The Morgan fingerprint density at radius 3 is 2.90 bits per heavy atom. The van der Waals surface area contributed by atoms with Crippen LogP contribution in [0.5, 0.6) is 5.75 Å². The van der Waals surface area contributed by atoms with E-state index in [1.807, 2.05) is 24.3 Å². The Kier molecular flexibility index (Phi) is 4.41. The van der Waals surface area contributed by atoms with Gasteiger partial charge in [0.2, 0.25) is 0 Å². The average molecular weight is 289 g/mol. The highest BCUT2D eigenvalue weighted by Crippen LogP contribution is 2.29. The van der Waals surface area contributed by atoms with Crippen LogP contribution in [0.25, 0.3) is 0 Å². The van der Waals surface area contributed by atoms with Gasteiger partial charge < -0.3 is 15.8 Å². The van der Waals surface area contributed by atoms with Crippen molar-refractivity contribution >= 4 is 5.91 Å². The molecule has 0 spiro atoms. The van der Waals surface area contributed by atoms with Crippen LogP contribution in [-0.4, -0.2) is 42.6 Å². The van der Waals surface area contributed by atoms with Gasteiger partial charge in [0.25, 0.3) is 5.91 Å². The molecule has 3 rings (SSSR count). The Labute approximate surface area is 125 Å². The van der Waals surface area contributed by atoms with E-state index in [-0.39, 0.29) is 18.6 Å². The summed E-state index contributed by atoms with van der Waals surface area (Å²) in [6, 6.07) is 8.61. The van der Waals surface area contributed by atoms with Gasteiger partial charge >= 0.3 is 0 Å². The topological polar surface area (TPSA) is 67.6 Å². The summed E-state index contributed by atoms with van der Waals surface area (Å²) in [7, 11) is 0. The van der Waals surface area contributed by atoms with Gasteiger partial charge in [-0.25, -0.2) is 0 Å². The molecule has 0 bridgehead atoms. The molecule has 3 N–H and O–H groups in total. The van der Waals surface area contributed by atoms with Crippen LogP contribution in [0.4, 0.5) is 0 Å². The quantitative estimate of drug-likeness (QED) is 0.816. The number of rotatable bonds is 6. The molecule has 1 heterocycles. The van der Waals surface area contributed by atoms with Crippen LogP contribution in [0, 0.1) is 0 Å².